The van der Waals surface area contributed by atoms with Crippen molar-refractivity contribution in [3.63, 3.8) is 0 Å². The molecule has 0 aliphatic carbocycles. The monoisotopic (exact) mass is 410 g/mol. The standard InChI is InChI=1S/C21H19FN4O2S/c1-3-20(27)25-9-8-17-14(12-25)11-18(29-17)21(28)23-19-10-13(2)24-26(19)16-6-4-15(22)5-7-16/h3-7,10-11H,1,8-9,12H2,2H3,(H,23,28). The van der Waals surface area contributed by atoms with Crippen molar-refractivity contribution in [1.29, 1.82) is 0 Å². The molecule has 0 spiro atoms. The topological polar surface area (TPSA) is 67.2 Å². The summed E-state index contributed by atoms with van der Waals surface area (Å²) in [4.78, 5) is 28.1. The predicted molar refractivity (Wildman–Crippen MR) is 110 cm³/mol. The van der Waals surface area contributed by atoms with E-state index in [0.717, 1.165) is 22.6 Å². The van der Waals surface area contributed by atoms with E-state index in [9.17, 15) is 14.0 Å². The van der Waals surface area contributed by atoms with Crippen LogP contribution in [0, 0.1) is 12.7 Å². The number of hydrogen-bond acceptors (Lipinski definition) is 4. The Bertz CT molecular complexity index is 1100. The van der Waals surface area contributed by atoms with Crippen LogP contribution in [0.4, 0.5) is 10.2 Å². The number of carbonyl (C=O) groups is 2. The maximum Gasteiger partial charge on any atom is 0.266 e. The molecule has 1 aromatic carbocycles. The van der Waals surface area contributed by atoms with E-state index in [2.05, 4.69) is 17.0 Å². The summed E-state index contributed by atoms with van der Waals surface area (Å²) < 4.78 is 14.8. The first-order valence-electron chi connectivity index (χ1n) is 9.11. The fourth-order valence-electron chi connectivity index (χ4n) is 3.31. The number of nitrogens with one attached hydrogen (secondary N) is 1. The minimum atomic E-state index is -0.337. The van der Waals surface area contributed by atoms with Crippen LogP contribution in [0.15, 0.2) is 49.1 Å². The molecule has 3 aromatic rings. The number of rotatable bonds is 4. The van der Waals surface area contributed by atoms with E-state index in [1.807, 2.05) is 13.0 Å². The Kier molecular flexibility index (Phi) is 5.02. The number of fused-ring (bicyclic) bond motifs is 1. The van der Waals surface area contributed by atoms with Crippen LogP contribution >= 0.6 is 11.3 Å². The van der Waals surface area contributed by atoms with Crippen molar-refractivity contribution in [3.8, 4) is 5.69 Å². The molecular formula is C21H19FN4O2S. The Balaban J connectivity index is 1.56. The molecule has 2 amide bonds. The van der Waals surface area contributed by atoms with Gasteiger partial charge >= 0.3 is 0 Å². The second-order valence-electron chi connectivity index (χ2n) is 6.79. The second-order valence-corrected chi connectivity index (χ2v) is 7.92. The van der Waals surface area contributed by atoms with Crippen LogP contribution in [-0.4, -0.2) is 33.0 Å². The lowest BCUT2D eigenvalue weighted by Gasteiger charge is -2.25. The van der Waals surface area contributed by atoms with Crippen LogP contribution in [0.2, 0.25) is 0 Å². The number of nitrogens with zero attached hydrogens (tertiary/aromatic N) is 3. The van der Waals surface area contributed by atoms with Gasteiger partial charge in [-0.15, -0.1) is 11.3 Å². The lowest BCUT2D eigenvalue weighted by atomic mass is 10.1. The van der Waals surface area contributed by atoms with E-state index in [1.54, 1.807) is 27.8 Å². The quantitative estimate of drug-likeness (QED) is 0.667. The van der Waals surface area contributed by atoms with Crippen LogP contribution in [0.1, 0.15) is 25.8 Å². The average molecular weight is 410 g/mol. The zero-order chi connectivity index (χ0) is 20.5. The van der Waals surface area contributed by atoms with Gasteiger partial charge in [-0.05, 0) is 55.3 Å². The second kappa shape index (κ2) is 7.63. The van der Waals surface area contributed by atoms with E-state index in [0.29, 0.717) is 29.5 Å². The van der Waals surface area contributed by atoms with Gasteiger partial charge in [0, 0.05) is 24.0 Å². The molecule has 0 atom stereocenters. The normalized spacial score (nSPS) is 13.1. The smallest absolute Gasteiger partial charge is 0.266 e. The van der Waals surface area contributed by atoms with Crippen molar-refractivity contribution in [2.24, 2.45) is 0 Å². The summed E-state index contributed by atoms with van der Waals surface area (Å²) in [7, 11) is 0. The van der Waals surface area contributed by atoms with E-state index in [4.69, 9.17) is 0 Å². The predicted octanol–water partition coefficient (Wildman–Crippen LogP) is 3.70. The first-order valence-corrected chi connectivity index (χ1v) is 9.93. The molecule has 1 N–H and O–H groups in total. The minimum absolute atomic E-state index is 0.105. The molecule has 3 heterocycles. The van der Waals surface area contributed by atoms with Crippen LogP contribution < -0.4 is 5.32 Å². The highest BCUT2D eigenvalue weighted by molar-refractivity contribution is 7.14. The lowest BCUT2D eigenvalue weighted by molar-refractivity contribution is -0.126. The Morgan fingerprint density at radius 3 is 2.76 bits per heavy atom. The molecule has 0 bridgehead atoms. The third-order valence-corrected chi connectivity index (χ3v) is 5.96. The molecule has 0 radical (unpaired) electrons. The molecule has 0 unspecified atom stereocenters. The Labute approximate surface area is 171 Å². The molecule has 4 rings (SSSR count). The van der Waals surface area contributed by atoms with Crippen molar-refractivity contribution in [3.05, 3.63) is 75.9 Å². The molecule has 0 fully saturated rings. The van der Waals surface area contributed by atoms with Crippen LogP contribution in [0.5, 0.6) is 0 Å². The first-order chi connectivity index (χ1) is 13.9. The maximum atomic E-state index is 13.2. The number of thiophene rings is 1. The van der Waals surface area contributed by atoms with Gasteiger partial charge in [-0.3, -0.25) is 9.59 Å². The van der Waals surface area contributed by atoms with Gasteiger partial charge in [-0.25, -0.2) is 9.07 Å². The van der Waals surface area contributed by atoms with Gasteiger partial charge in [-0.1, -0.05) is 6.58 Å². The maximum absolute atomic E-state index is 13.2. The summed E-state index contributed by atoms with van der Waals surface area (Å²) in [6, 6.07) is 9.50. The van der Waals surface area contributed by atoms with Crippen molar-refractivity contribution in [1.82, 2.24) is 14.7 Å². The number of amides is 2. The zero-order valence-electron chi connectivity index (χ0n) is 15.8. The van der Waals surface area contributed by atoms with Gasteiger partial charge in [0.15, 0.2) is 0 Å². The number of benzene rings is 1. The van der Waals surface area contributed by atoms with Crippen LogP contribution in [0.25, 0.3) is 5.69 Å². The number of hydrogen-bond donors (Lipinski definition) is 1. The Morgan fingerprint density at radius 2 is 2.03 bits per heavy atom. The zero-order valence-corrected chi connectivity index (χ0v) is 16.6. The first kappa shape index (κ1) is 19.1. The number of halogens is 1. The summed E-state index contributed by atoms with van der Waals surface area (Å²) in [6.45, 7) is 6.46. The van der Waals surface area contributed by atoms with Gasteiger partial charge in [0.1, 0.15) is 11.6 Å². The van der Waals surface area contributed by atoms with E-state index in [1.165, 1.54) is 29.5 Å². The molecule has 8 heteroatoms. The number of anilines is 1. The summed E-state index contributed by atoms with van der Waals surface area (Å²) in [6.07, 6.45) is 2.03. The molecule has 29 heavy (non-hydrogen) atoms. The molecular weight excluding hydrogens is 391 g/mol. The van der Waals surface area contributed by atoms with E-state index >= 15 is 0 Å². The van der Waals surface area contributed by atoms with Gasteiger partial charge in [0.05, 0.1) is 16.3 Å². The molecule has 148 valence electrons. The third kappa shape index (κ3) is 3.84. The van der Waals surface area contributed by atoms with E-state index in [-0.39, 0.29) is 17.6 Å². The molecule has 1 aliphatic heterocycles. The fraction of sp³-hybridized carbons (Fsp3) is 0.190. The fourth-order valence-corrected chi connectivity index (χ4v) is 4.37. The summed E-state index contributed by atoms with van der Waals surface area (Å²) in [5, 5.41) is 7.29. The number of carbonyl (C=O) groups excluding carboxylic acids is 2. The van der Waals surface area contributed by atoms with Crippen molar-refractivity contribution in [2.75, 3.05) is 11.9 Å². The van der Waals surface area contributed by atoms with Crippen LogP contribution in [-0.2, 0) is 17.8 Å². The summed E-state index contributed by atoms with van der Waals surface area (Å²) >= 11 is 1.44. The number of aryl methyl sites for hydroxylation is 1. The van der Waals surface area contributed by atoms with Gasteiger partial charge < -0.3 is 10.2 Å². The highest BCUT2D eigenvalue weighted by Gasteiger charge is 2.23. The largest absolute Gasteiger partial charge is 0.334 e. The Hall–Kier alpha value is -3.26. The molecule has 1 aliphatic rings. The molecule has 0 saturated heterocycles. The summed E-state index contributed by atoms with van der Waals surface area (Å²) in [5.74, 6) is -0.175. The van der Waals surface area contributed by atoms with E-state index < -0.39 is 0 Å². The molecule has 6 nitrogen and oxygen atoms in total. The molecule has 0 saturated carbocycles. The van der Waals surface area contributed by atoms with Crippen molar-refractivity contribution >= 4 is 29.0 Å². The van der Waals surface area contributed by atoms with Gasteiger partial charge in [0.2, 0.25) is 5.91 Å². The molecule has 2 aromatic heterocycles. The lowest BCUT2D eigenvalue weighted by Crippen LogP contribution is -2.33. The Morgan fingerprint density at radius 1 is 1.28 bits per heavy atom. The highest BCUT2D eigenvalue weighted by atomic mass is 32.1. The number of aromatic nitrogens is 2. The van der Waals surface area contributed by atoms with Crippen molar-refractivity contribution in [2.45, 2.75) is 19.9 Å². The minimum Gasteiger partial charge on any atom is -0.334 e. The van der Waals surface area contributed by atoms with Gasteiger partial charge in [-0.2, -0.15) is 5.10 Å². The third-order valence-electron chi connectivity index (χ3n) is 4.72. The SMILES string of the molecule is C=CC(=O)N1CCc2sc(C(=O)Nc3cc(C)nn3-c3ccc(F)cc3)cc2C1. The average Bonchev–Trinajstić information content (AvgIpc) is 3.30. The summed E-state index contributed by atoms with van der Waals surface area (Å²) in [5.41, 5.74) is 2.37. The van der Waals surface area contributed by atoms with Crippen LogP contribution in [0.3, 0.4) is 0 Å². The van der Waals surface area contributed by atoms with Crippen molar-refractivity contribution < 1.29 is 14.0 Å². The highest BCUT2D eigenvalue weighted by Crippen LogP contribution is 2.29. The van der Waals surface area contributed by atoms with Gasteiger partial charge in [0.25, 0.3) is 5.91 Å².